The normalized spacial score (nSPS) is 12.2. The van der Waals surface area contributed by atoms with Crippen LogP contribution in [0.2, 0.25) is 0 Å². The Bertz CT molecular complexity index is 486. The van der Waals surface area contributed by atoms with E-state index in [2.05, 4.69) is 12.2 Å². The van der Waals surface area contributed by atoms with Gasteiger partial charge in [-0.15, -0.1) is 11.3 Å². The Morgan fingerprint density at radius 3 is 2.80 bits per heavy atom. The molecule has 0 unspecified atom stereocenters. The van der Waals surface area contributed by atoms with Crippen LogP contribution in [0.4, 0.5) is 0 Å². The summed E-state index contributed by atoms with van der Waals surface area (Å²) in [5.41, 5.74) is 0. The van der Waals surface area contributed by atoms with Gasteiger partial charge < -0.3 is 10.1 Å². The lowest BCUT2D eigenvalue weighted by Crippen LogP contribution is -2.31. The van der Waals surface area contributed by atoms with Gasteiger partial charge in [-0.3, -0.25) is 0 Å². The van der Waals surface area contributed by atoms with Gasteiger partial charge in [-0.2, -0.15) is 4.31 Å². The second-order valence-electron chi connectivity index (χ2n) is 4.41. The van der Waals surface area contributed by atoms with Gasteiger partial charge in [-0.1, -0.05) is 6.92 Å². The van der Waals surface area contributed by atoms with E-state index in [1.165, 1.54) is 15.6 Å². The summed E-state index contributed by atoms with van der Waals surface area (Å²) < 4.78 is 31.5. The van der Waals surface area contributed by atoms with Gasteiger partial charge in [0.15, 0.2) is 0 Å². The maximum atomic E-state index is 12.5. The number of hydrogen-bond acceptors (Lipinski definition) is 5. The molecule has 0 atom stereocenters. The zero-order valence-electron chi connectivity index (χ0n) is 12.4. The smallest absolute Gasteiger partial charge is 0.244 e. The minimum atomic E-state index is -3.42. The summed E-state index contributed by atoms with van der Waals surface area (Å²) in [5.74, 6) is 0. The first-order valence-corrected chi connectivity index (χ1v) is 9.17. The molecule has 116 valence electrons. The highest BCUT2D eigenvalue weighted by Crippen LogP contribution is 2.24. The molecular weight excluding hydrogens is 296 g/mol. The number of ether oxygens (including phenoxy) is 1. The predicted molar refractivity (Wildman–Crippen MR) is 82.6 cm³/mol. The lowest BCUT2D eigenvalue weighted by Gasteiger charge is -2.17. The summed E-state index contributed by atoms with van der Waals surface area (Å²) in [6.07, 6.45) is 1.03. The Hall–Kier alpha value is -0.470. The topological polar surface area (TPSA) is 58.6 Å². The van der Waals surface area contributed by atoms with E-state index in [1.807, 2.05) is 12.3 Å². The lowest BCUT2D eigenvalue weighted by molar-refractivity contribution is 0.138. The largest absolute Gasteiger partial charge is 0.380 e. The van der Waals surface area contributed by atoms with Crippen molar-refractivity contribution in [2.45, 2.75) is 31.7 Å². The monoisotopic (exact) mass is 320 g/mol. The van der Waals surface area contributed by atoms with Crippen LogP contribution in [0, 0.1) is 0 Å². The van der Waals surface area contributed by atoms with Gasteiger partial charge >= 0.3 is 0 Å². The fourth-order valence-electron chi connectivity index (χ4n) is 1.69. The highest BCUT2D eigenvalue weighted by atomic mass is 32.2. The van der Waals surface area contributed by atoms with Gasteiger partial charge in [0, 0.05) is 31.6 Å². The number of sulfonamides is 1. The third kappa shape index (κ3) is 4.82. The Labute approximate surface area is 126 Å². The number of rotatable bonds is 10. The minimum Gasteiger partial charge on any atom is -0.380 e. The van der Waals surface area contributed by atoms with Crippen molar-refractivity contribution in [3.63, 3.8) is 0 Å². The molecule has 0 saturated carbocycles. The van der Waals surface area contributed by atoms with Gasteiger partial charge in [0.1, 0.15) is 0 Å². The van der Waals surface area contributed by atoms with Crippen molar-refractivity contribution in [3.05, 3.63) is 16.3 Å². The lowest BCUT2D eigenvalue weighted by atomic mass is 10.4. The second-order valence-corrected chi connectivity index (χ2v) is 7.42. The van der Waals surface area contributed by atoms with E-state index < -0.39 is 10.0 Å². The molecular formula is C13H24N2O3S2. The second kappa shape index (κ2) is 8.74. The number of nitrogens with one attached hydrogen (secondary N) is 1. The first-order chi connectivity index (χ1) is 9.54. The number of likely N-dealkylation sites (N-methyl/N-ethyl adjacent to an activating group) is 1. The van der Waals surface area contributed by atoms with Crippen LogP contribution in [0.15, 0.2) is 16.3 Å². The zero-order chi connectivity index (χ0) is 15.0. The fraction of sp³-hybridized carbons (Fsp3) is 0.692. The first-order valence-electron chi connectivity index (χ1n) is 6.85. The summed E-state index contributed by atoms with van der Waals surface area (Å²) >= 11 is 1.47. The first kappa shape index (κ1) is 17.6. The molecule has 1 rings (SSSR count). The van der Waals surface area contributed by atoms with Gasteiger partial charge in [-0.25, -0.2) is 8.42 Å². The van der Waals surface area contributed by atoms with E-state index in [4.69, 9.17) is 4.74 Å². The Kier molecular flexibility index (Phi) is 7.68. The molecule has 1 heterocycles. The maximum Gasteiger partial charge on any atom is 0.244 e. The summed E-state index contributed by atoms with van der Waals surface area (Å²) in [4.78, 5) is 1.27. The maximum absolute atomic E-state index is 12.5. The number of nitrogens with zero attached hydrogens (tertiary/aromatic N) is 1. The Morgan fingerprint density at radius 1 is 1.40 bits per heavy atom. The molecule has 0 bridgehead atoms. The molecule has 0 saturated heterocycles. The third-order valence-corrected chi connectivity index (χ3v) is 5.85. The molecule has 7 heteroatoms. The summed E-state index contributed by atoms with van der Waals surface area (Å²) in [5, 5.41) is 5.07. The van der Waals surface area contributed by atoms with Gasteiger partial charge in [0.05, 0.1) is 11.5 Å². The molecule has 0 spiro atoms. The van der Waals surface area contributed by atoms with Crippen LogP contribution >= 0.6 is 11.3 Å². The van der Waals surface area contributed by atoms with Crippen molar-refractivity contribution in [2.24, 2.45) is 0 Å². The quantitative estimate of drug-likeness (QED) is 0.669. The van der Waals surface area contributed by atoms with E-state index in [-0.39, 0.29) is 0 Å². The third-order valence-electron chi connectivity index (χ3n) is 2.86. The van der Waals surface area contributed by atoms with Crippen LogP contribution in [-0.4, -0.2) is 46.1 Å². The van der Waals surface area contributed by atoms with Crippen LogP contribution in [0.1, 0.15) is 25.1 Å². The molecule has 0 aromatic carbocycles. The van der Waals surface area contributed by atoms with Gasteiger partial charge in [0.2, 0.25) is 10.0 Å². The SMILES string of the molecule is CCCNCc1sccc1S(=O)(=O)N(C)CCOCC. The van der Waals surface area contributed by atoms with Crippen molar-refractivity contribution >= 4 is 21.4 Å². The zero-order valence-corrected chi connectivity index (χ0v) is 14.0. The molecule has 0 amide bonds. The van der Waals surface area contributed by atoms with Crippen LogP contribution in [0.3, 0.4) is 0 Å². The predicted octanol–water partition coefficient (Wildman–Crippen LogP) is 1.90. The fourth-order valence-corrected chi connectivity index (χ4v) is 4.23. The van der Waals surface area contributed by atoms with Crippen LogP contribution in [0.5, 0.6) is 0 Å². The van der Waals surface area contributed by atoms with E-state index in [9.17, 15) is 8.42 Å². The van der Waals surface area contributed by atoms with Crippen molar-refractivity contribution < 1.29 is 13.2 Å². The van der Waals surface area contributed by atoms with Crippen LogP contribution in [0.25, 0.3) is 0 Å². The van der Waals surface area contributed by atoms with E-state index >= 15 is 0 Å². The average molecular weight is 320 g/mol. The summed E-state index contributed by atoms with van der Waals surface area (Å²) in [6, 6.07) is 1.68. The van der Waals surface area contributed by atoms with E-state index in [1.54, 1.807) is 13.1 Å². The van der Waals surface area contributed by atoms with Crippen molar-refractivity contribution in [2.75, 3.05) is 33.4 Å². The molecule has 1 aromatic rings. The van der Waals surface area contributed by atoms with Crippen molar-refractivity contribution in [3.8, 4) is 0 Å². The van der Waals surface area contributed by atoms with Gasteiger partial charge in [-0.05, 0) is 31.3 Å². The molecule has 20 heavy (non-hydrogen) atoms. The highest BCUT2D eigenvalue weighted by molar-refractivity contribution is 7.89. The van der Waals surface area contributed by atoms with Crippen molar-refractivity contribution in [1.29, 1.82) is 0 Å². The molecule has 0 fully saturated rings. The van der Waals surface area contributed by atoms with Crippen LogP contribution < -0.4 is 5.32 Å². The Morgan fingerprint density at radius 2 is 2.15 bits per heavy atom. The van der Waals surface area contributed by atoms with Gasteiger partial charge in [0.25, 0.3) is 0 Å². The van der Waals surface area contributed by atoms with E-state index in [0.717, 1.165) is 17.8 Å². The molecule has 0 radical (unpaired) electrons. The highest BCUT2D eigenvalue weighted by Gasteiger charge is 2.24. The number of hydrogen-bond donors (Lipinski definition) is 1. The molecule has 0 aliphatic heterocycles. The number of thiophene rings is 1. The van der Waals surface area contributed by atoms with Crippen molar-refractivity contribution in [1.82, 2.24) is 9.62 Å². The standard InChI is InChI=1S/C13H24N2O3S2/c1-4-7-14-11-12-13(6-10-19-12)20(16,17)15(3)8-9-18-5-2/h6,10,14H,4-5,7-9,11H2,1-3H3. The molecule has 5 nitrogen and oxygen atoms in total. The summed E-state index contributed by atoms with van der Waals surface area (Å²) in [6.45, 7) is 6.84. The van der Waals surface area contributed by atoms with Crippen LogP contribution in [-0.2, 0) is 21.3 Å². The van der Waals surface area contributed by atoms with E-state index in [0.29, 0.717) is 31.2 Å². The molecule has 0 aliphatic rings. The molecule has 1 N–H and O–H groups in total. The summed E-state index contributed by atoms with van der Waals surface area (Å²) in [7, 11) is -1.83. The molecule has 1 aromatic heterocycles. The average Bonchev–Trinajstić information content (AvgIpc) is 2.88. The Balaban J connectivity index is 2.74. The minimum absolute atomic E-state index is 0.369. The molecule has 0 aliphatic carbocycles.